The summed E-state index contributed by atoms with van der Waals surface area (Å²) in [6.45, 7) is 0. The molecule has 0 aliphatic heterocycles. The van der Waals surface area contributed by atoms with Crippen LogP contribution in [0.3, 0.4) is 0 Å². The van der Waals surface area contributed by atoms with Gasteiger partial charge in [-0.05, 0) is 29.6 Å². The van der Waals surface area contributed by atoms with E-state index >= 15 is 0 Å². The van der Waals surface area contributed by atoms with Gasteiger partial charge in [0.2, 0.25) is 5.82 Å². The molecule has 160 valence electrons. The number of nitrogens with one attached hydrogen (secondary N) is 1. The summed E-state index contributed by atoms with van der Waals surface area (Å²) < 4.78 is 51.6. The van der Waals surface area contributed by atoms with Gasteiger partial charge in [-0.25, -0.2) is 4.98 Å². The van der Waals surface area contributed by atoms with Crippen LogP contribution in [0.15, 0.2) is 41.8 Å². The van der Waals surface area contributed by atoms with Crippen molar-refractivity contribution in [1.29, 1.82) is 0 Å². The monoisotopic (exact) mass is 449 g/mol. The van der Waals surface area contributed by atoms with Crippen molar-refractivity contribution >= 4 is 28.7 Å². The van der Waals surface area contributed by atoms with Crippen molar-refractivity contribution in [3.05, 3.63) is 53.3 Å². The minimum absolute atomic E-state index is 0.0917. The van der Waals surface area contributed by atoms with Crippen molar-refractivity contribution in [3.8, 4) is 22.1 Å². The molecule has 0 saturated carbocycles. The van der Waals surface area contributed by atoms with E-state index in [2.05, 4.69) is 20.4 Å². The van der Waals surface area contributed by atoms with Gasteiger partial charge in [0.25, 0.3) is 11.7 Å². The molecule has 1 N–H and O–H groups in total. The van der Waals surface area contributed by atoms with Crippen molar-refractivity contribution in [1.82, 2.24) is 19.6 Å². The van der Waals surface area contributed by atoms with E-state index in [4.69, 9.17) is 9.47 Å². The minimum atomic E-state index is -4.72. The number of halogens is 3. The number of methoxy groups -OCH3 is 2. The van der Waals surface area contributed by atoms with Gasteiger partial charge in [0, 0.05) is 11.8 Å². The van der Waals surface area contributed by atoms with E-state index in [1.807, 2.05) is 0 Å². The van der Waals surface area contributed by atoms with Crippen LogP contribution in [0.25, 0.3) is 16.3 Å². The highest BCUT2D eigenvalue weighted by atomic mass is 32.1. The number of aromatic nitrogens is 4. The Morgan fingerprint density at radius 3 is 2.52 bits per heavy atom. The summed E-state index contributed by atoms with van der Waals surface area (Å²) in [5.41, 5.74) is -0.669. The molecule has 0 fully saturated rings. The van der Waals surface area contributed by atoms with Crippen LogP contribution in [0.2, 0.25) is 0 Å². The van der Waals surface area contributed by atoms with E-state index in [0.29, 0.717) is 26.6 Å². The number of alkyl halides is 3. The number of ether oxygens (including phenoxy) is 2. The van der Waals surface area contributed by atoms with Gasteiger partial charge >= 0.3 is 6.18 Å². The standard InChI is InChI=1S/C19H14F3N5O3S/c1-29-12-6-5-10(8-13(12)30-2)23-17(28)16-25-18-24-11(14-4-3-7-31-14)9-15(19(20,21)22)27(18)26-16/h3-9H,1-2H3,(H,23,28). The Bertz CT molecular complexity index is 1250. The maximum atomic E-state index is 13.6. The predicted molar refractivity (Wildman–Crippen MR) is 107 cm³/mol. The average Bonchev–Trinajstić information content (AvgIpc) is 3.41. The van der Waals surface area contributed by atoms with Crippen LogP contribution in [0, 0.1) is 0 Å². The SMILES string of the molecule is COc1ccc(NC(=O)c2nc3nc(-c4cccs4)cc(C(F)(F)F)n3n2)cc1OC. The largest absolute Gasteiger partial charge is 0.493 e. The smallest absolute Gasteiger partial charge is 0.433 e. The first-order chi connectivity index (χ1) is 14.8. The number of carbonyl (C=O) groups excluding carboxylic acids is 1. The van der Waals surface area contributed by atoms with Gasteiger partial charge < -0.3 is 14.8 Å². The molecule has 12 heteroatoms. The molecule has 0 spiro atoms. The number of anilines is 1. The third-order valence-corrected chi connectivity index (χ3v) is 5.11. The lowest BCUT2D eigenvalue weighted by Crippen LogP contribution is -2.16. The topological polar surface area (TPSA) is 90.6 Å². The zero-order valence-electron chi connectivity index (χ0n) is 16.1. The lowest BCUT2D eigenvalue weighted by molar-refractivity contribution is -0.142. The Morgan fingerprint density at radius 2 is 1.87 bits per heavy atom. The summed E-state index contributed by atoms with van der Waals surface area (Å²) in [5.74, 6) is -0.785. The first-order valence-corrected chi connectivity index (χ1v) is 9.60. The van der Waals surface area contributed by atoms with Crippen LogP contribution in [-0.4, -0.2) is 39.7 Å². The maximum absolute atomic E-state index is 13.6. The molecule has 8 nitrogen and oxygen atoms in total. The molecule has 1 aromatic carbocycles. The maximum Gasteiger partial charge on any atom is 0.433 e. The number of benzene rings is 1. The lowest BCUT2D eigenvalue weighted by atomic mass is 10.2. The first kappa shape index (κ1) is 20.6. The summed E-state index contributed by atoms with van der Waals surface area (Å²) in [6.07, 6.45) is -4.72. The van der Waals surface area contributed by atoms with Crippen molar-refractivity contribution in [3.63, 3.8) is 0 Å². The minimum Gasteiger partial charge on any atom is -0.493 e. The van der Waals surface area contributed by atoms with E-state index in [1.165, 1.54) is 31.6 Å². The average molecular weight is 449 g/mol. The third-order valence-electron chi connectivity index (χ3n) is 4.22. The molecule has 1 amide bonds. The number of hydrogen-bond acceptors (Lipinski definition) is 7. The molecule has 31 heavy (non-hydrogen) atoms. The van der Waals surface area contributed by atoms with Gasteiger partial charge in [-0.1, -0.05) is 6.07 Å². The molecule has 3 aromatic heterocycles. The highest BCUT2D eigenvalue weighted by molar-refractivity contribution is 7.13. The van der Waals surface area contributed by atoms with Crippen LogP contribution >= 0.6 is 11.3 Å². The van der Waals surface area contributed by atoms with Gasteiger partial charge in [-0.3, -0.25) is 4.79 Å². The summed E-state index contributed by atoms with van der Waals surface area (Å²) in [6, 6.07) is 8.84. The van der Waals surface area contributed by atoms with Crippen molar-refractivity contribution in [2.45, 2.75) is 6.18 Å². The predicted octanol–water partition coefficient (Wildman–Crippen LogP) is 4.14. The van der Waals surface area contributed by atoms with Crippen LogP contribution in [0.4, 0.5) is 18.9 Å². The Kier molecular flexibility index (Phi) is 5.23. The molecule has 0 bridgehead atoms. The van der Waals surface area contributed by atoms with Crippen LogP contribution in [0.1, 0.15) is 16.3 Å². The molecular weight excluding hydrogens is 435 g/mol. The molecule has 4 aromatic rings. The molecule has 4 rings (SSSR count). The van der Waals surface area contributed by atoms with E-state index < -0.39 is 23.6 Å². The van der Waals surface area contributed by atoms with Crippen LogP contribution in [0.5, 0.6) is 11.5 Å². The van der Waals surface area contributed by atoms with E-state index in [9.17, 15) is 18.0 Å². The zero-order chi connectivity index (χ0) is 22.2. The van der Waals surface area contributed by atoms with Crippen molar-refractivity contribution in [2.75, 3.05) is 19.5 Å². The fraction of sp³-hybridized carbons (Fsp3) is 0.158. The quantitative estimate of drug-likeness (QED) is 0.493. The van der Waals surface area contributed by atoms with Gasteiger partial charge in [0.05, 0.1) is 24.8 Å². The highest BCUT2D eigenvalue weighted by Gasteiger charge is 2.36. The third kappa shape index (κ3) is 4.01. The molecule has 0 radical (unpaired) electrons. The second-order valence-electron chi connectivity index (χ2n) is 6.17. The molecule has 0 unspecified atom stereocenters. The Hall–Kier alpha value is -3.67. The first-order valence-electron chi connectivity index (χ1n) is 8.72. The molecule has 0 aliphatic rings. The summed E-state index contributed by atoms with van der Waals surface area (Å²) in [5, 5.41) is 7.98. The number of hydrogen-bond donors (Lipinski definition) is 1. The second-order valence-corrected chi connectivity index (χ2v) is 7.12. The normalized spacial score (nSPS) is 11.5. The van der Waals surface area contributed by atoms with Gasteiger partial charge in [0.15, 0.2) is 17.2 Å². The summed E-state index contributed by atoms with van der Waals surface area (Å²) in [7, 11) is 2.90. The van der Waals surface area contributed by atoms with Crippen molar-refractivity contribution in [2.24, 2.45) is 0 Å². The lowest BCUT2D eigenvalue weighted by Gasteiger charge is -2.10. The number of amides is 1. The number of carbonyl (C=O) groups is 1. The van der Waals surface area contributed by atoms with E-state index in [1.54, 1.807) is 29.6 Å². The number of nitrogens with zero attached hydrogens (tertiary/aromatic N) is 4. The van der Waals surface area contributed by atoms with Gasteiger partial charge in [-0.15, -0.1) is 16.4 Å². The molecule has 3 heterocycles. The second kappa shape index (κ2) is 7.87. The number of thiophene rings is 1. The molecule has 0 atom stereocenters. The zero-order valence-corrected chi connectivity index (χ0v) is 16.9. The van der Waals surface area contributed by atoms with E-state index in [0.717, 1.165) is 6.07 Å². The fourth-order valence-electron chi connectivity index (χ4n) is 2.82. The molecular formula is C19H14F3N5O3S. The Morgan fingerprint density at radius 1 is 1.10 bits per heavy atom. The van der Waals surface area contributed by atoms with Crippen molar-refractivity contribution < 1.29 is 27.4 Å². The summed E-state index contributed by atoms with van der Waals surface area (Å²) in [4.78, 5) is 21.2. The highest BCUT2D eigenvalue weighted by Crippen LogP contribution is 2.33. The number of rotatable bonds is 5. The van der Waals surface area contributed by atoms with Crippen LogP contribution < -0.4 is 14.8 Å². The summed E-state index contributed by atoms with van der Waals surface area (Å²) >= 11 is 1.24. The molecule has 0 aliphatic carbocycles. The molecule has 0 saturated heterocycles. The number of fused-ring (bicyclic) bond motifs is 1. The Labute approximate surface area is 177 Å². The van der Waals surface area contributed by atoms with Crippen LogP contribution in [-0.2, 0) is 6.18 Å². The van der Waals surface area contributed by atoms with E-state index in [-0.39, 0.29) is 11.5 Å². The van der Waals surface area contributed by atoms with Gasteiger partial charge in [0.1, 0.15) is 0 Å². The Balaban J connectivity index is 1.72. The van der Waals surface area contributed by atoms with Gasteiger partial charge in [-0.2, -0.15) is 22.7 Å². The fourth-order valence-corrected chi connectivity index (χ4v) is 3.50.